The van der Waals surface area contributed by atoms with Gasteiger partial charge in [-0.2, -0.15) is 0 Å². The second kappa shape index (κ2) is 5.64. The van der Waals surface area contributed by atoms with Gasteiger partial charge in [-0.1, -0.05) is 48.2 Å². The standard InChI is InChI=1S/C20H17N3S/c1-2-5-16-12-23-17(10-14(16)4-1)13-24-20(23)22-19-7-3-6-15-11-21-9-8-18(15)19/h1-9,11,17H,10,12-13H2. The number of hydrogen-bond donors (Lipinski definition) is 0. The normalized spacial score (nSPS) is 21.1. The summed E-state index contributed by atoms with van der Waals surface area (Å²) in [5.74, 6) is 1.12. The Kier molecular flexibility index (Phi) is 3.30. The van der Waals surface area contributed by atoms with Crippen molar-refractivity contribution in [2.45, 2.75) is 19.0 Å². The van der Waals surface area contributed by atoms with Gasteiger partial charge in [0.2, 0.25) is 0 Å². The van der Waals surface area contributed by atoms with Crippen molar-refractivity contribution in [2.24, 2.45) is 4.99 Å². The number of aliphatic imine (C=N–C) groups is 1. The molecule has 2 aliphatic heterocycles. The van der Waals surface area contributed by atoms with Gasteiger partial charge in [0.05, 0.1) is 5.69 Å². The highest BCUT2D eigenvalue weighted by molar-refractivity contribution is 8.14. The van der Waals surface area contributed by atoms with Crippen LogP contribution in [0.25, 0.3) is 10.8 Å². The Balaban J connectivity index is 1.55. The molecule has 3 nitrogen and oxygen atoms in total. The third-order valence-corrected chi connectivity index (χ3v) is 6.02. The van der Waals surface area contributed by atoms with E-state index in [-0.39, 0.29) is 0 Å². The lowest BCUT2D eigenvalue weighted by molar-refractivity contribution is 0.320. The zero-order chi connectivity index (χ0) is 15.9. The summed E-state index contributed by atoms with van der Waals surface area (Å²) < 4.78 is 0. The molecule has 1 saturated heterocycles. The van der Waals surface area contributed by atoms with Crippen molar-refractivity contribution in [3.05, 3.63) is 72.1 Å². The van der Waals surface area contributed by atoms with Gasteiger partial charge in [-0.15, -0.1) is 0 Å². The number of fused-ring (bicyclic) bond motifs is 3. The molecule has 5 rings (SSSR count). The number of rotatable bonds is 1. The van der Waals surface area contributed by atoms with Crippen LogP contribution in [0.3, 0.4) is 0 Å². The van der Waals surface area contributed by atoms with Gasteiger partial charge in [0.25, 0.3) is 0 Å². The summed E-state index contributed by atoms with van der Waals surface area (Å²) in [5, 5.41) is 3.46. The molecular weight excluding hydrogens is 314 g/mol. The molecule has 4 heteroatoms. The Morgan fingerprint density at radius 3 is 2.92 bits per heavy atom. The van der Waals surface area contributed by atoms with E-state index < -0.39 is 0 Å². The van der Waals surface area contributed by atoms with Gasteiger partial charge in [0, 0.05) is 41.5 Å². The zero-order valence-electron chi connectivity index (χ0n) is 13.2. The summed E-state index contributed by atoms with van der Waals surface area (Å²) in [6.45, 7) is 0.971. The number of aromatic nitrogens is 1. The number of hydrogen-bond acceptors (Lipinski definition) is 3. The van der Waals surface area contributed by atoms with Gasteiger partial charge in [0.15, 0.2) is 5.17 Å². The Morgan fingerprint density at radius 1 is 1.04 bits per heavy atom. The van der Waals surface area contributed by atoms with Crippen LogP contribution in [0.2, 0.25) is 0 Å². The Hall–Kier alpha value is -2.33. The maximum absolute atomic E-state index is 5.02. The summed E-state index contributed by atoms with van der Waals surface area (Å²) in [5.41, 5.74) is 3.97. The molecule has 118 valence electrons. The Morgan fingerprint density at radius 2 is 1.96 bits per heavy atom. The van der Waals surface area contributed by atoms with Crippen molar-refractivity contribution in [3.63, 3.8) is 0 Å². The first-order valence-electron chi connectivity index (χ1n) is 8.26. The van der Waals surface area contributed by atoms with E-state index in [2.05, 4.69) is 58.4 Å². The van der Waals surface area contributed by atoms with Crippen molar-refractivity contribution in [2.75, 3.05) is 5.75 Å². The third-order valence-electron chi connectivity index (χ3n) is 4.88. The lowest BCUT2D eigenvalue weighted by Crippen LogP contribution is -2.38. The predicted octanol–water partition coefficient (Wildman–Crippen LogP) is 4.40. The second-order valence-electron chi connectivity index (χ2n) is 6.33. The number of amidine groups is 1. The van der Waals surface area contributed by atoms with Crippen LogP contribution < -0.4 is 0 Å². The van der Waals surface area contributed by atoms with Crippen LogP contribution in [0.15, 0.2) is 65.9 Å². The zero-order valence-corrected chi connectivity index (χ0v) is 14.0. The second-order valence-corrected chi connectivity index (χ2v) is 7.32. The first-order valence-corrected chi connectivity index (χ1v) is 9.25. The monoisotopic (exact) mass is 331 g/mol. The highest BCUT2D eigenvalue weighted by atomic mass is 32.2. The maximum Gasteiger partial charge on any atom is 0.165 e. The number of pyridine rings is 1. The minimum absolute atomic E-state index is 0.570. The van der Waals surface area contributed by atoms with E-state index in [0.717, 1.165) is 35.0 Å². The number of nitrogens with zero attached hydrogens (tertiary/aromatic N) is 3. The molecule has 24 heavy (non-hydrogen) atoms. The minimum Gasteiger partial charge on any atom is -0.343 e. The molecule has 0 bridgehead atoms. The molecule has 1 aromatic heterocycles. The summed E-state index contributed by atoms with van der Waals surface area (Å²) in [4.78, 5) is 11.7. The number of benzene rings is 2. The SMILES string of the molecule is c1ccc2c(c1)CC1CSC(=Nc3cccc4cnccc34)N1C2. The van der Waals surface area contributed by atoms with Gasteiger partial charge in [-0.05, 0) is 29.7 Å². The van der Waals surface area contributed by atoms with E-state index >= 15 is 0 Å². The van der Waals surface area contributed by atoms with E-state index in [1.807, 2.05) is 24.2 Å². The fourth-order valence-corrected chi connectivity index (χ4v) is 4.80. The Bertz CT molecular complexity index is 945. The summed E-state index contributed by atoms with van der Waals surface area (Å²) in [6.07, 6.45) is 4.87. The lowest BCUT2D eigenvalue weighted by atomic mass is 9.95. The molecule has 0 saturated carbocycles. The van der Waals surface area contributed by atoms with Crippen molar-refractivity contribution < 1.29 is 0 Å². The van der Waals surface area contributed by atoms with E-state index in [1.54, 1.807) is 0 Å². The highest BCUT2D eigenvalue weighted by Gasteiger charge is 2.34. The largest absolute Gasteiger partial charge is 0.343 e. The highest BCUT2D eigenvalue weighted by Crippen LogP contribution is 2.36. The van der Waals surface area contributed by atoms with E-state index in [9.17, 15) is 0 Å². The van der Waals surface area contributed by atoms with Gasteiger partial charge in [0.1, 0.15) is 0 Å². The molecule has 1 unspecified atom stereocenters. The molecule has 2 aliphatic rings. The van der Waals surface area contributed by atoms with E-state index in [1.165, 1.54) is 16.5 Å². The van der Waals surface area contributed by atoms with Crippen LogP contribution >= 0.6 is 11.8 Å². The molecule has 3 aromatic rings. The van der Waals surface area contributed by atoms with E-state index in [0.29, 0.717) is 6.04 Å². The molecule has 2 aromatic carbocycles. The average Bonchev–Trinajstić information content (AvgIpc) is 3.02. The predicted molar refractivity (Wildman–Crippen MR) is 101 cm³/mol. The molecule has 3 heterocycles. The molecule has 1 atom stereocenters. The van der Waals surface area contributed by atoms with Crippen LogP contribution in [-0.2, 0) is 13.0 Å². The van der Waals surface area contributed by atoms with Crippen molar-refractivity contribution in [1.82, 2.24) is 9.88 Å². The van der Waals surface area contributed by atoms with Gasteiger partial charge < -0.3 is 4.90 Å². The van der Waals surface area contributed by atoms with Crippen molar-refractivity contribution in [3.8, 4) is 0 Å². The molecule has 0 radical (unpaired) electrons. The summed E-state index contributed by atoms with van der Waals surface area (Å²) in [6, 6.07) is 17.7. The van der Waals surface area contributed by atoms with Crippen LogP contribution in [-0.4, -0.2) is 26.8 Å². The molecule has 0 N–H and O–H groups in total. The lowest BCUT2D eigenvalue weighted by Gasteiger charge is -2.32. The van der Waals surface area contributed by atoms with Gasteiger partial charge >= 0.3 is 0 Å². The van der Waals surface area contributed by atoms with Crippen LogP contribution in [0.4, 0.5) is 5.69 Å². The minimum atomic E-state index is 0.570. The third kappa shape index (κ3) is 2.29. The fourth-order valence-electron chi connectivity index (χ4n) is 3.62. The van der Waals surface area contributed by atoms with Gasteiger partial charge in [-0.25, -0.2) is 4.99 Å². The van der Waals surface area contributed by atoms with Crippen LogP contribution in [0.1, 0.15) is 11.1 Å². The Labute approximate surface area is 145 Å². The van der Waals surface area contributed by atoms with Crippen LogP contribution in [0.5, 0.6) is 0 Å². The fraction of sp³-hybridized carbons (Fsp3) is 0.200. The smallest absolute Gasteiger partial charge is 0.165 e. The first kappa shape index (κ1) is 14.1. The van der Waals surface area contributed by atoms with Crippen LogP contribution in [0, 0.1) is 0 Å². The summed E-state index contributed by atoms with van der Waals surface area (Å²) in [7, 11) is 0. The van der Waals surface area contributed by atoms with E-state index in [4.69, 9.17) is 4.99 Å². The topological polar surface area (TPSA) is 28.5 Å². The molecule has 1 fully saturated rings. The maximum atomic E-state index is 5.02. The average molecular weight is 331 g/mol. The molecular formula is C20H17N3S. The van der Waals surface area contributed by atoms with Gasteiger partial charge in [-0.3, -0.25) is 4.98 Å². The van der Waals surface area contributed by atoms with Crippen molar-refractivity contribution >= 4 is 33.4 Å². The van der Waals surface area contributed by atoms with Crippen molar-refractivity contribution in [1.29, 1.82) is 0 Å². The quantitative estimate of drug-likeness (QED) is 0.662. The molecule has 0 spiro atoms. The molecule has 0 aliphatic carbocycles. The number of thioether (sulfide) groups is 1. The molecule has 0 amide bonds. The summed E-state index contributed by atoms with van der Waals surface area (Å²) >= 11 is 1.88. The first-order chi connectivity index (χ1) is 11.9.